The van der Waals surface area contributed by atoms with Crippen LogP contribution in [0, 0.1) is 0 Å². The van der Waals surface area contributed by atoms with E-state index >= 15 is 0 Å². The molecule has 9 heteroatoms. The van der Waals surface area contributed by atoms with Crippen LogP contribution in [0.4, 0.5) is 0 Å². The second-order valence-corrected chi connectivity index (χ2v) is 2.99. The maximum atomic E-state index is 11.2. The number of aromatic carboxylic acids is 1. The number of imide groups is 1. The molecule has 0 fully saturated rings. The van der Waals surface area contributed by atoms with E-state index < -0.39 is 17.8 Å². The third kappa shape index (κ3) is 3.00. The van der Waals surface area contributed by atoms with Crippen molar-refractivity contribution in [3.63, 3.8) is 0 Å². The molecule has 1 aromatic rings. The van der Waals surface area contributed by atoms with E-state index in [0.29, 0.717) is 0 Å². The van der Waals surface area contributed by atoms with E-state index in [4.69, 9.17) is 15.0 Å². The van der Waals surface area contributed by atoms with Crippen LogP contribution in [0.2, 0.25) is 0 Å². The van der Waals surface area contributed by atoms with Crippen molar-refractivity contribution in [3.05, 3.63) is 34.9 Å². The molecule has 0 unspecified atom stereocenters. The van der Waals surface area contributed by atoms with Gasteiger partial charge in [-0.15, -0.1) is 5.06 Å². The molecule has 0 aliphatic carbocycles. The van der Waals surface area contributed by atoms with E-state index in [9.17, 15) is 14.4 Å². The van der Waals surface area contributed by atoms with Crippen molar-refractivity contribution in [1.82, 2.24) is 5.06 Å². The topological polar surface area (TPSA) is 115 Å². The fraction of sp³-hybridized carbons (Fsp3) is 0. The van der Waals surface area contributed by atoms with Crippen LogP contribution < -0.4 is 0 Å². The first-order valence-corrected chi connectivity index (χ1v) is 4.48. The Labute approximate surface area is 136 Å². The van der Waals surface area contributed by atoms with Gasteiger partial charge in [-0.25, -0.2) is 4.79 Å². The van der Waals surface area contributed by atoms with Crippen LogP contribution in [-0.2, 0) is 0 Å². The average molecular weight is 302 g/mol. The van der Waals surface area contributed by atoms with Crippen molar-refractivity contribution in [3.8, 4) is 0 Å². The molecule has 0 aromatic heterocycles. The summed E-state index contributed by atoms with van der Waals surface area (Å²) >= 11 is 3.64. The molecule has 0 spiro atoms. The predicted octanol–water partition coefficient (Wildman–Crippen LogP) is -0.414. The number of carbonyl (C=O) groups excluding carboxylic acids is 2. The molecule has 1 aliphatic rings. The summed E-state index contributed by atoms with van der Waals surface area (Å²) in [6, 6.07) is 3.47. The third-order valence-corrected chi connectivity index (χ3v) is 2.11. The van der Waals surface area contributed by atoms with Gasteiger partial charge in [0.2, 0.25) is 0 Å². The van der Waals surface area contributed by atoms with E-state index in [1.54, 1.807) is 0 Å². The molecule has 1 heterocycles. The monoisotopic (exact) mass is 301 g/mol. The molecule has 1 aliphatic heterocycles. The van der Waals surface area contributed by atoms with Crippen LogP contribution in [0.15, 0.2) is 18.2 Å². The summed E-state index contributed by atoms with van der Waals surface area (Å²) in [5.74, 6) is -2.94. The molecule has 1 aromatic carbocycles. The van der Waals surface area contributed by atoms with Gasteiger partial charge in [0.05, 0.1) is 28.6 Å². The predicted molar refractivity (Wildman–Crippen MR) is 62.3 cm³/mol. The molecule has 2 amide bonds. The molecule has 7 nitrogen and oxygen atoms in total. The van der Waals surface area contributed by atoms with E-state index in [2.05, 4.69) is 11.9 Å². The van der Waals surface area contributed by atoms with Gasteiger partial charge in [-0.05, 0) is 18.2 Å². The first-order chi connectivity index (χ1) is 8.02. The van der Waals surface area contributed by atoms with Crippen molar-refractivity contribution < 1.29 is 29.4 Å². The van der Waals surface area contributed by atoms with Crippen molar-refractivity contribution in [2.24, 2.45) is 0 Å². The normalized spacial score (nSPS) is 12.3. The first-order valence-electron chi connectivity index (χ1n) is 4.14. The van der Waals surface area contributed by atoms with E-state index in [1.165, 1.54) is 12.1 Å². The second-order valence-electron chi connectivity index (χ2n) is 2.99. The summed E-state index contributed by atoms with van der Waals surface area (Å²) in [5.41, 5.74) is -0.194. The van der Waals surface area contributed by atoms with Crippen molar-refractivity contribution in [1.29, 1.82) is 0 Å². The quantitative estimate of drug-likeness (QED) is 0.369. The van der Waals surface area contributed by atoms with Crippen LogP contribution in [-0.4, -0.2) is 75.6 Å². The number of carboxylic acids is 1. The molecular formula is C9H8CaClNO6. The Morgan fingerprint density at radius 1 is 1.11 bits per heavy atom. The third-order valence-electron chi connectivity index (χ3n) is 2.11. The molecule has 0 saturated carbocycles. The number of amides is 2. The fourth-order valence-corrected chi connectivity index (χ4v) is 1.36. The number of hydrogen-bond donors (Lipinski definition) is 3. The van der Waals surface area contributed by atoms with Gasteiger partial charge in [-0.1, -0.05) is 0 Å². The number of benzene rings is 1. The first kappa shape index (κ1) is 17.3. The number of hydroxylamine groups is 2. The zero-order chi connectivity index (χ0) is 13.2. The fourth-order valence-electron chi connectivity index (χ4n) is 1.36. The number of carboxylic acid groups (broad SMARTS) is 1. The van der Waals surface area contributed by atoms with Gasteiger partial charge in [0.1, 0.15) is 0 Å². The Hall–Kier alpha value is -0.700. The van der Waals surface area contributed by atoms with Gasteiger partial charge < -0.3 is 5.11 Å². The van der Waals surface area contributed by atoms with Gasteiger partial charge in [0, 0.05) is 0 Å². The number of nitrogens with zero attached hydrogens (tertiary/aromatic N) is 1. The molecular weight excluding hydrogens is 294 g/mol. The maximum absolute atomic E-state index is 11.2. The Morgan fingerprint density at radius 2 is 1.61 bits per heavy atom. The molecule has 0 atom stereocenters. The molecule has 94 valence electrons. The standard InChI is InChI=1S/C9H5NO5.Ca.ClHO.2H/c11-7-5-2-1-4(9(13)14)3-6(5)8(12)10(7)15;;1-2;;/h1-3,15H,(H,13,14);;2H;;. The van der Waals surface area contributed by atoms with Crippen LogP contribution in [0.1, 0.15) is 31.1 Å². The summed E-state index contributed by atoms with van der Waals surface area (Å²) in [5, 5.41) is 17.6. The van der Waals surface area contributed by atoms with Gasteiger partial charge in [-0.2, -0.15) is 0 Å². The number of carbonyl (C=O) groups is 3. The number of rotatable bonds is 1. The Bertz CT molecular complexity index is 506. The van der Waals surface area contributed by atoms with E-state index in [0.717, 1.165) is 6.07 Å². The SMILES string of the molecule is O=C(O)c1ccc2c(c1)C(=O)N(O)C2=O.OCl.[CaH2]. The van der Waals surface area contributed by atoms with Crippen LogP contribution in [0.25, 0.3) is 0 Å². The van der Waals surface area contributed by atoms with Crippen molar-refractivity contribution >= 4 is 67.4 Å². The molecule has 18 heavy (non-hydrogen) atoms. The summed E-state index contributed by atoms with van der Waals surface area (Å²) in [6.45, 7) is 0. The van der Waals surface area contributed by atoms with Gasteiger partial charge >= 0.3 is 43.7 Å². The number of halogens is 1. The Kier molecular flexibility index (Phi) is 6.75. The minimum absolute atomic E-state index is 0. The summed E-state index contributed by atoms with van der Waals surface area (Å²) < 4.78 is 6.47. The van der Waals surface area contributed by atoms with Crippen LogP contribution in [0.3, 0.4) is 0 Å². The summed E-state index contributed by atoms with van der Waals surface area (Å²) in [6.07, 6.45) is 0. The average Bonchev–Trinajstić information content (AvgIpc) is 2.57. The second kappa shape index (κ2) is 7.03. The van der Waals surface area contributed by atoms with E-state index in [-0.39, 0.29) is 59.5 Å². The molecule has 3 N–H and O–H groups in total. The van der Waals surface area contributed by atoms with Gasteiger partial charge in [-0.3, -0.25) is 19.5 Å². The summed E-state index contributed by atoms with van der Waals surface area (Å²) in [7, 11) is 0. The molecule has 0 saturated heterocycles. The zero-order valence-corrected chi connectivity index (χ0v) is 8.88. The Morgan fingerprint density at radius 3 is 2.11 bits per heavy atom. The van der Waals surface area contributed by atoms with Gasteiger partial charge in [0.15, 0.2) is 0 Å². The molecule has 0 bridgehead atoms. The number of hydrogen-bond acceptors (Lipinski definition) is 5. The molecule has 2 rings (SSSR count). The molecule has 0 radical (unpaired) electrons. The minimum atomic E-state index is -1.20. The van der Waals surface area contributed by atoms with Crippen molar-refractivity contribution in [2.75, 3.05) is 0 Å². The number of fused-ring (bicyclic) bond motifs is 1. The van der Waals surface area contributed by atoms with Crippen molar-refractivity contribution in [2.45, 2.75) is 0 Å². The van der Waals surface area contributed by atoms with Crippen LogP contribution >= 0.6 is 11.9 Å². The van der Waals surface area contributed by atoms with Crippen LogP contribution in [0.5, 0.6) is 0 Å². The summed E-state index contributed by atoms with van der Waals surface area (Å²) in [4.78, 5) is 33.0. The zero-order valence-electron chi connectivity index (χ0n) is 8.12. The Balaban J connectivity index is 0.000000917. The van der Waals surface area contributed by atoms with E-state index in [1.807, 2.05) is 0 Å². The van der Waals surface area contributed by atoms with Gasteiger partial charge in [0.25, 0.3) is 11.8 Å².